The van der Waals surface area contributed by atoms with Crippen molar-refractivity contribution in [2.75, 3.05) is 13.1 Å². The molecule has 0 amide bonds. The molecule has 110 valence electrons. The zero-order valence-corrected chi connectivity index (χ0v) is 12.7. The highest BCUT2D eigenvalue weighted by molar-refractivity contribution is 4.90. The third kappa shape index (κ3) is 7.98. The predicted octanol–water partition coefficient (Wildman–Crippen LogP) is 3.77. The van der Waals surface area contributed by atoms with Crippen LogP contribution in [0.25, 0.3) is 0 Å². The van der Waals surface area contributed by atoms with Crippen molar-refractivity contribution in [2.24, 2.45) is 0 Å². The van der Waals surface area contributed by atoms with E-state index in [1.165, 1.54) is 64.5 Å². The number of hydrogen-bond acceptors (Lipinski definition) is 3. The van der Waals surface area contributed by atoms with Gasteiger partial charge in [0.1, 0.15) is 0 Å². The summed E-state index contributed by atoms with van der Waals surface area (Å²) in [6.07, 6.45) is 12.5. The first-order valence-electron chi connectivity index (χ1n) is 7.94. The van der Waals surface area contributed by atoms with Crippen LogP contribution in [0.4, 0.5) is 0 Å². The number of H-pyrrole nitrogens is 1. The smallest absolute Gasteiger partial charge is 0.0964 e. The number of aromatic nitrogens is 3. The minimum absolute atomic E-state index is 0.939. The van der Waals surface area contributed by atoms with Gasteiger partial charge in [-0.05, 0) is 25.9 Å². The molecule has 0 aliphatic heterocycles. The lowest BCUT2D eigenvalue weighted by atomic mass is 10.1. The first-order valence-corrected chi connectivity index (χ1v) is 7.94. The van der Waals surface area contributed by atoms with Crippen LogP contribution in [0, 0.1) is 0 Å². The van der Waals surface area contributed by atoms with Crippen molar-refractivity contribution in [3.8, 4) is 0 Å². The third-order valence-corrected chi connectivity index (χ3v) is 3.51. The molecule has 0 unspecified atom stereocenters. The molecule has 4 nitrogen and oxygen atoms in total. The van der Waals surface area contributed by atoms with E-state index in [0.29, 0.717) is 0 Å². The number of nitrogens with zero attached hydrogens (tertiary/aromatic N) is 3. The van der Waals surface area contributed by atoms with Crippen molar-refractivity contribution in [3.63, 3.8) is 0 Å². The first-order chi connectivity index (χ1) is 9.36. The Balaban J connectivity index is 2.25. The Bertz CT molecular complexity index is 272. The highest BCUT2D eigenvalue weighted by Crippen LogP contribution is 2.08. The Kier molecular flexibility index (Phi) is 9.33. The van der Waals surface area contributed by atoms with Crippen molar-refractivity contribution in [3.05, 3.63) is 11.9 Å². The van der Waals surface area contributed by atoms with Crippen LogP contribution in [-0.4, -0.2) is 33.4 Å². The maximum absolute atomic E-state index is 4.10. The van der Waals surface area contributed by atoms with Crippen LogP contribution in [0.2, 0.25) is 0 Å². The third-order valence-electron chi connectivity index (χ3n) is 3.51. The number of aromatic amines is 1. The summed E-state index contributed by atoms with van der Waals surface area (Å²) in [7, 11) is 0. The van der Waals surface area contributed by atoms with Gasteiger partial charge >= 0.3 is 0 Å². The summed E-state index contributed by atoms with van der Waals surface area (Å²) in [4.78, 5) is 2.53. The molecule has 0 aliphatic rings. The summed E-state index contributed by atoms with van der Waals surface area (Å²) in [6, 6.07) is 0. The van der Waals surface area contributed by atoms with Gasteiger partial charge in [0, 0.05) is 12.7 Å². The van der Waals surface area contributed by atoms with E-state index in [4.69, 9.17) is 0 Å². The summed E-state index contributed by atoms with van der Waals surface area (Å²) in [5.74, 6) is 0. The van der Waals surface area contributed by atoms with Gasteiger partial charge in [0.2, 0.25) is 0 Å². The molecular weight excluding hydrogens is 236 g/mol. The van der Waals surface area contributed by atoms with Gasteiger partial charge in [0.05, 0.1) is 5.69 Å². The van der Waals surface area contributed by atoms with E-state index < -0.39 is 0 Å². The van der Waals surface area contributed by atoms with Crippen LogP contribution in [0.1, 0.15) is 70.9 Å². The van der Waals surface area contributed by atoms with E-state index in [-0.39, 0.29) is 0 Å². The molecule has 1 aromatic heterocycles. The van der Waals surface area contributed by atoms with Gasteiger partial charge < -0.3 is 0 Å². The van der Waals surface area contributed by atoms with Crippen LogP contribution >= 0.6 is 0 Å². The summed E-state index contributed by atoms with van der Waals surface area (Å²) in [6.45, 7) is 7.85. The lowest BCUT2D eigenvalue weighted by Crippen LogP contribution is -2.26. The minimum Gasteiger partial charge on any atom is -0.297 e. The second kappa shape index (κ2) is 11.0. The molecule has 0 spiro atoms. The summed E-state index contributed by atoms with van der Waals surface area (Å²) in [5.41, 5.74) is 1.06. The van der Waals surface area contributed by atoms with Crippen molar-refractivity contribution in [2.45, 2.75) is 71.8 Å². The van der Waals surface area contributed by atoms with Crippen LogP contribution in [0.3, 0.4) is 0 Å². The lowest BCUT2D eigenvalue weighted by Gasteiger charge is -2.21. The van der Waals surface area contributed by atoms with Crippen LogP contribution in [0.5, 0.6) is 0 Å². The van der Waals surface area contributed by atoms with Crippen LogP contribution < -0.4 is 0 Å². The zero-order valence-electron chi connectivity index (χ0n) is 12.7. The van der Waals surface area contributed by atoms with Crippen molar-refractivity contribution >= 4 is 0 Å². The molecule has 0 saturated carbocycles. The molecule has 0 aromatic carbocycles. The number of rotatable bonds is 12. The molecule has 1 rings (SSSR count). The van der Waals surface area contributed by atoms with E-state index in [1.54, 1.807) is 0 Å². The average Bonchev–Trinajstić information content (AvgIpc) is 2.92. The predicted molar refractivity (Wildman–Crippen MR) is 79.9 cm³/mol. The molecule has 1 N–H and O–H groups in total. The Morgan fingerprint density at radius 1 is 0.947 bits per heavy atom. The van der Waals surface area contributed by atoms with Crippen LogP contribution in [-0.2, 0) is 6.54 Å². The van der Waals surface area contributed by atoms with E-state index >= 15 is 0 Å². The van der Waals surface area contributed by atoms with Gasteiger partial charge in [0.15, 0.2) is 0 Å². The average molecular weight is 266 g/mol. The quantitative estimate of drug-likeness (QED) is 0.586. The molecule has 19 heavy (non-hydrogen) atoms. The largest absolute Gasteiger partial charge is 0.297 e. The van der Waals surface area contributed by atoms with Crippen LogP contribution in [0.15, 0.2) is 6.20 Å². The summed E-state index contributed by atoms with van der Waals surface area (Å²) >= 11 is 0. The van der Waals surface area contributed by atoms with Gasteiger partial charge in [-0.3, -0.25) is 10.00 Å². The van der Waals surface area contributed by atoms with E-state index in [1.807, 2.05) is 6.20 Å². The summed E-state index contributed by atoms with van der Waals surface area (Å²) < 4.78 is 0. The number of hydrogen-bond donors (Lipinski definition) is 1. The number of nitrogens with one attached hydrogen (secondary N) is 1. The maximum atomic E-state index is 4.10. The molecule has 0 radical (unpaired) electrons. The highest BCUT2D eigenvalue weighted by atomic mass is 15.3. The van der Waals surface area contributed by atoms with Crippen molar-refractivity contribution in [1.29, 1.82) is 0 Å². The second-order valence-electron chi connectivity index (χ2n) is 5.36. The van der Waals surface area contributed by atoms with Gasteiger partial charge in [-0.1, -0.05) is 57.6 Å². The SMILES string of the molecule is CCCCCCN(CCCCCC)Cc1c[nH]nn1. The van der Waals surface area contributed by atoms with Crippen molar-refractivity contribution in [1.82, 2.24) is 20.3 Å². The second-order valence-corrected chi connectivity index (χ2v) is 5.36. The van der Waals surface area contributed by atoms with Gasteiger partial charge in [0.25, 0.3) is 0 Å². The molecule has 0 atom stereocenters. The molecule has 0 aliphatic carbocycles. The normalized spacial score (nSPS) is 11.3. The Hall–Kier alpha value is -0.900. The van der Waals surface area contributed by atoms with E-state index in [9.17, 15) is 0 Å². The molecule has 1 aromatic rings. The molecule has 0 fully saturated rings. The van der Waals surface area contributed by atoms with Crippen molar-refractivity contribution < 1.29 is 0 Å². The molecule has 4 heteroatoms. The Labute approximate surface area is 118 Å². The van der Waals surface area contributed by atoms with E-state index in [2.05, 4.69) is 34.2 Å². The van der Waals surface area contributed by atoms with Gasteiger partial charge in [-0.25, -0.2) is 0 Å². The Morgan fingerprint density at radius 2 is 1.58 bits per heavy atom. The lowest BCUT2D eigenvalue weighted by molar-refractivity contribution is 0.250. The molecule has 0 bridgehead atoms. The summed E-state index contributed by atoms with van der Waals surface area (Å²) in [5, 5.41) is 10.7. The zero-order chi connectivity index (χ0) is 13.8. The molecule has 1 heterocycles. The highest BCUT2D eigenvalue weighted by Gasteiger charge is 2.07. The topological polar surface area (TPSA) is 44.8 Å². The fourth-order valence-corrected chi connectivity index (χ4v) is 2.33. The molecule has 0 saturated heterocycles. The fourth-order valence-electron chi connectivity index (χ4n) is 2.33. The van der Waals surface area contributed by atoms with Gasteiger partial charge in [-0.2, -0.15) is 0 Å². The molecular formula is C15H30N4. The van der Waals surface area contributed by atoms with E-state index in [0.717, 1.165) is 12.2 Å². The van der Waals surface area contributed by atoms with Gasteiger partial charge in [-0.15, -0.1) is 5.10 Å². The Morgan fingerprint density at radius 3 is 2.05 bits per heavy atom. The number of unbranched alkanes of at least 4 members (excludes halogenated alkanes) is 6. The standard InChI is InChI=1S/C15H30N4/c1-3-5-7-9-11-19(12-10-8-6-4-2)14-15-13-16-18-17-15/h13H,3-12,14H2,1-2H3,(H,16,17,18). The fraction of sp³-hybridized carbons (Fsp3) is 0.867. The monoisotopic (exact) mass is 266 g/mol. The minimum atomic E-state index is 0.939. The first kappa shape index (κ1) is 16.2. The maximum Gasteiger partial charge on any atom is 0.0964 e.